The number of para-hydroxylation sites is 2. The molecule has 0 saturated carbocycles. The van der Waals surface area contributed by atoms with E-state index in [0.717, 1.165) is 60.0 Å². The predicted octanol–water partition coefficient (Wildman–Crippen LogP) is 15.3. The standard InChI is InChI=1S/C57H36N4S/c1-4-15-37(16-5-1)38-27-29-41(30-28-38)56-58-55(40-19-8-3-9-20-40)59-57(60-56)48-33-31-43(36-52(48)61-50-25-12-10-21-45(50)46-22-11-13-26-51(46)61)42-32-34-53-49(35-42)47-24-14-23-44(54(47)62-53)39-17-6-2-7-18-39/h1-36H/i10D,11D,12D,13D,21D,22D,25D,26D. The van der Waals surface area contributed by atoms with Gasteiger partial charge in [-0.2, -0.15) is 0 Å². The molecule has 0 amide bonds. The fourth-order valence-electron chi connectivity index (χ4n) is 8.35. The largest absolute Gasteiger partial charge is 0.308 e. The van der Waals surface area contributed by atoms with Crippen molar-refractivity contribution in [2.75, 3.05) is 0 Å². The van der Waals surface area contributed by atoms with Gasteiger partial charge in [-0.1, -0.05) is 182 Å². The fraction of sp³-hybridized carbons (Fsp3) is 0. The summed E-state index contributed by atoms with van der Waals surface area (Å²) in [5.41, 5.74) is 8.17. The van der Waals surface area contributed by atoms with E-state index < -0.39 is 48.3 Å². The minimum Gasteiger partial charge on any atom is -0.308 e. The molecule has 0 fully saturated rings. The first-order chi connectivity index (χ1) is 34.0. The van der Waals surface area contributed by atoms with E-state index in [9.17, 15) is 5.48 Å². The van der Waals surface area contributed by atoms with Crippen molar-refractivity contribution >= 4 is 53.3 Å². The van der Waals surface area contributed by atoms with Gasteiger partial charge in [-0.15, -0.1) is 11.3 Å². The van der Waals surface area contributed by atoms with Gasteiger partial charge in [0.1, 0.15) is 0 Å². The maximum Gasteiger partial charge on any atom is 0.166 e. The van der Waals surface area contributed by atoms with Gasteiger partial charge in [-0.3, -0.25) is 0 Å². The van der Waals surface area contributed by atoms with E-state index in [1.807, 2.05) is 121 Å². The van der Waals surface area contributed by atoms with Gasteiger partial charge < -0.3 is 4.57 Å². The number of hydrogen-bond acceptors (Lipinski definition) is 4. The Morgan fingerprint density at radius 1 is 0.371 bits per heavy atom. The van der Waals surface area contributed by atoms with E-state index in [0.29, 0.717) is 22.9 Å². The van der Waals surface area contributed by atoms with Gasteiger partial charge in [-0.05, 0) is 69.7 Å². The number of fused-ring (bicyclic) bond motifs is 6. The van der Waals surface area contributed by atoms with E-state index in [-0.39, 0.29) is 27.6 Å². The summed E-state index contributed by atoms with van der Waals surface area (Å²) in [5.74, 6) is 1.01. The lowest BCUT2D eigenvalue weighted by Gasteiger charge is -2.16. The molecule has 0 bridgehead atoms. The lowest BCUT2D eigenvalue weighted by molar-refractivity contribution is 1.06. The molecule has 4 nitrogen and oxygen atoms in total. The summed E-state index contributed by atoms with van der Waals surface area (Å²) in [6, 6.07) is 52.6. The van der Waals surface area contributed by atoms with Crippen molar-refractivity contribution in [2.24, 2.45) is 0 Å². The summed E-state index contributed by atoms with van der Waals surface area (Å²) >= 11 is 1.73. The van der Waals surface area contributed by atoms with Crippen LogP contribution < -0.4 is 0 Å². The molecule has 0 N–H and O–H groups in total. The molecule has 0 atom stereocenters. The molecular formula is C57H36N4S. The van der Waals surface area contributed by atoms with Crippen molar-refractivity contribution < 1.29 is 11.0 Å². The minimum absolute atomic E-state index is 0.00631. The molecule has 0 radical (unpaired) electrons. The summed E-state index contributed by atoms with van der Waals surface area (Å²) in [7, 11) is 0. The fourth-order valence-corrected chi connectivity index (χ4v) is 9.57. The zero-order valence-electron chi connectivity index (χ0n) is 40.9. The minimum atomic E-state index is -0.516. The zero-order chi connectivity index (χ0) is 47.9. The molecule has 0 spiro atoms. The first-order valence-corrected chi connectivity index (χ1v) is 21.0. The molecule has 62 heavy (non-hydrogen) atoms. The van der Waals surface area contributed by atoms with Crippen molar-refractivity contribution in [3.63, 3.8) is 0 Å². The number of nitrogens with zero attached hydrogens (tertiary/aromatic N) is 4. The first kappa shape index (κ1) is 28.5. The zero-order valence-corrected chi connectivity index (χ0v) is 33.7. The van der Waals surface area contributed by atoms with Gasteiger partial charge in [0.15, 0.2) is 17.5 Å². The molecule has 3 heterocycles. The Labute approximate surface area is 374 Å². The van der Waals surface area contributed by atoms with Crippen LogP contribution in [0.4, 0.5) is 0 Å². The summed E-state index contributed by atoms with van der Waals surface area (Å²) < 4.78 is 76.3. The maximum atomic E-state index is 9.42. The first-order valence-electron chi connectivity index (χ1n) is 24.2. The monoisotopic (exact) mass is 816 g/mol. The second-order valence-corrected chi connectivity index (χ2v) is 16.0. The van der Waals surface area contributed by atoms with Crippen LogP contribution in [0.2, 0.25) is 0 Å². The van der Waals surface area contributed by atoms with E-state index in [1.165, 1.54) is 4.70 Å². The Morgan fingerprint density at radius 3 is 1.56 bits per heavy atom. The third-order valence-electron chi connectivity index (χ3n) is 11.3. The third kappa shape index (κ3) is 6.18. The number of benzene rings is 9. The van der Waals surface area contributed by atoms with Gasteiger partial charge in [0.05, 0.1) is 27.7 Å². The average molecular weight is 817 g/mol. The van der Waals surface area contributed by atoms with Crippen molar-refractivity contribution in [3.05, 3.63) is 218 Å². The highest BCUT2D eigenvalue weighted by atomic mass is 32.1. The van der Waals surface area contributed by atoms with Crippen LogP contribution >= 0.6 is 11.3 Å². The Bertz CT molecular complexity index is 4010. The van der Waals surface area contributed by atoms with Crippen LogP contribution in [-0.4, -0.2) is 19.5 Å². The second kappa shape index (κ2) is 14.9. The van der Waals surface area contributed by atoms with Gasteiger partial charge in [0.2, 0.25) is 0 Å². The molecule has 0 aliphatic heterocycles. The predicted molar refractivity (Wildman–Crippen MR) is 260 cm³/mol. The van der Waals surface area contributed by atoms with E-state index in [2.05, 4.69) is 48.5 Å². The highest BCUT2D eigenvalue weighted by Gasteiger charge is 2.21. The van der Waals surface area contributed by atoms with Crippen LogP contribution in [0, 0.1) is 0 Å². The van der Waals surface area contributed by atoms with Gasteiger partial charge in [-0.25, -0.2) is 15.0 Å². The maximum absolute atomic E-state index is 9.42. The highest BCUT2D eigenvalue weighted by molar-refractivity contribution is 7.26. The molecule has 5 heteroatoms. The smallest absolute Gasteiger partial charge is 0.166 e. The van der Waals surface area contributed by atoms with E-state index in [1.54, 1.807) is 15.9 Å². The lowest BCUT2D eigenvalue weighted by atomic mass is 9.98. The molecule has 0 saturated heterocycles. The molecule has 0 unspecified atom stereocenters. The molecule has 9 aromatic carbocycles. The highest BCUT2D eigenvalue weighted by Crippen LogP contribution is 2.43. The normalized spacial score (nSPS) is 13.4. The molecule has 0 aliphatic rings. The molecular weight excluding hydrogens is 773 g/mol. The summed E-state index contributed by atoms with van der Waals surface area (Å²) in [6.45, 7) is 0. The molecule has 12 rings (SSSR count). The van der Waals surface area contributed by atoms with E-state index >= 15 is 0 Å². The van der Waals surface area contributed by atoms with E-state index in [4.69, 9.17) is 20.4 Å². The summed E-state index contributed by atoms with van der Waals surface area (Å²) in [5, 5.41) is 2.13. The quantitative estimate of drug-likeness (QED) is 0.161. The number of aromatic nitrogens is 4. The lowest BCUT2D eigenvalue weighted by Crippen LogP contribution is -2.04. The third-order valence-corrected chi connectivity index (χ3v) is 12.6. The Hall–Kier alpha value is -7.99. The van der Waals surface area contributed by atoms with Gasteiger partial charge >= 0.3 is 0 Å². The second-order valence-electron chi connectivity index (χ2n) is 15.0. The van der Waals surface area contributed by atoms with Crippen LogP contribution in [0.25, 0.3) is 115 Å². The van der Waals surface area contributed by atoms with Crippen molar-refractivity contribution in [1.29, 1.82) is 0 Å². The topological polar surface area (TPSA) is 43.6 Å². The SMILES string of the molecule is [2H]c1c([2H])c([2H])c2c(c1[2H])c1c([2H])c([2H])c([2H])c([2H])c1n2-c1cc(-c2ccc3sc4c(-c5ccccc5)cccc4c3c2)ccc1-c1nc(-c2ccccc2)nc(-c2ccc(-c3ccccc3)cc2)n1. The Morgan fingerprint density at radius 2 is 0.887 bits per heavy atom. The van der Waals surface area contributed by atoms with Crippen LogP contribution in [0.3, 0.4) is 0 Å². The van der Waals surface area contributed by atoms with Crippen molar-refractivity contribution in [2.45, 2.75) is 0 Å². The Balaban J connectivity index is 1.15. The summed E-state index contributed by atoms with van der Waals surface area (Å²) in [6.07, 6.45) is 0. The van der Waals surface area contributed by atoms with Gasteiger partial charge in [0, 0.05) is 47.6 Å². The van der Waals surface area contributed by atoms with Crippen LogP contribution in [0.5, 0.6) is 0 Å². The van der Waals surface area contributed by atoms with Crippen molar-refractivity contribution in [1.82, 2.24) is 19.5 Å². The van der Waals surface area contributed by atoms with Crippen LogP contribution in [-0.2, 0) is 0 Å². The van der Waals surface area contributed by atoms with Crippen molar-refractivity contribution in [3.8, 4) is 73.2 Å². The number of hydrogen-bond donors (Lipinski definition) is 0. The average Bonchev–Trinajstić information content (AvgIpc) is 3.98. The molecule has 12 aromatic rings. The molecule has 290 valence electrons. The van der Waals surface area contributed by atoms with Crippen LogP contribution in [0.1, 0.15) is 11.0 Å². The van der Waals surface area contributed by atoms with Crippen LogP contribution in [0.15, 0.2) is 218 Å². The summed E-state index contributed by atoms with van der Waals surface area (Å²) in [4.78, 5) is 15.2. The Kier molecular flexibility index (Phi) is 6.86. The molecule has 0 aliphatic carbocycles. The number of thiophene rings is 1. The number of rotatable bonds is 7. The molecule has 3 aromatic heterocycles. The van der Waals surface area contributed by atoms with Gasteiger partial charge in [0.25, 0.3) is 0 Å².